The van der Waals surface area contributed by atoms with Crippen molar-refractivity contribution in [2.75, 3.05) is 26.2 Å². The molecule has 2 N–H and O–H groups in total. The number of aromatic nitrogens is 4. The van der Waals surface area contributed by atoms with Crippen LogP contribution in [-0.4, -0.2) is 89.9 Å². The molecule has 0 unspecified atom stereocenters. The molecule has 1 aliphatic rings. The summed E-state index contributed by atoms with van der Waals surface area (Å²) in [4.78, 5) is 65.2. The number of amides is 2. The predicted molar refractivity (Wildman–Crippen MR) is 89.8 cm³/mol. The number of carboxylic acid groups (broad SMARTS) is 2. The van der Waals surface area contributed by atoms with Crippen molar-refractivity contribution in [3.63, 3.8) is 0 Å². The molecule has 2 aromatic rings. The summed E-state index contributed by atoms with van der Waals surface area (Å²) in [6.45, 7) is 0.456. The summed E-state index contributed by atoms with van der Waals surface area (Å²) in [5, 5.41) is 18.3. The van der Waals surface area contributed by atoms with E-state index in [4.69, 9.17) is 10.2 Å². The van der Waals surface area contributed by atoms with E-state index in [9.17, 15) is 19.2 Å². The van der Waals surface area contributed by atoms with Gasteiger partial charge in [0.2, 0.25) is 0 Å². The fraction of sp³-hybridized carbons (Fsp3) is 0.250. The molecule has 3 heterocycles. The lowest BCUT2D eigenvalue weighted by atomic mass is 10.2. The van der Waals surface area contributed by atoms with E-state index in [1.165, 1.54) is 34.6 Å². The Balaban J connectivity index is 1.72. The van der Waals surface area contributed by atoms with Crippen molar-refractivity contribution in [2.24, 2.45) is 0 Å². The highest BCUT2D eigenvalue weighted by atomic mass is 16.4. The number of rotatable bonds is 4. The number of nitrogens with zero attached hydrogens (tertiary/aromatic N) is 6. The van der Waals surface area contributed by atoms with Crippen LogP contribution in [-0.2, 0) is 0 Å². The lowest BCUT2D eigenvalue weighted by Gasteiger charge is -2.34. The van der Waals surface area contributed by atoms with Crippen molar-refractivity contribution in [1.82, 2.24) is 29.7 Å². The maximum atomic E-state index is 12.6. The molecule has 0 bridgehead atoms. The molecule has 28 heavy (non-hydrogen) atoms. The van der Waals surface area contributed by atoms with Crippen molar-refractivity contribution in [3.8, 4) is 0 Å². The van der Waals surface area contributed by atoms with Gasteiger partial charge in [0.25, 0.3) is 11.8 Å². The van der Waals surface area contributed by atoms with Crippen LogP contribution in [0.2, 0.25) is 0 Å². The zero-order chi connectivity index (χ0) is 20.3. The zero-order valence-corrected chi connectivity index (χ0v) is 14.3. The number of carboxylic acids is 2. The minimum absolute atomic E-state index is 0.114. The zero-order valence-electron chi connectivity index (χ0n) is 14.3. The molecule has 0 radical (unpaired) electrons. The fourth-order valence-electron chi connectivity index (χ4n) is 2.71. The number of carbonyl (C=O) groups is 4. The first-order valence-electron chi connectivity index (χ1n) is 8.07. The summed E-state index contributed by atoms with van der Waals surface area (Å²) in [5.74, 6) is -3.95. The third kappa shape index (κ3) is 3.60. The average Bonchev–Trinajstić information content (AvgIpc) is 2.72. The second kappa shape index (κ2) is 7.73. The van der Waals surface area contributed by atoms with Crippen molar-refractivity contribution >= 4 is 23.8 Å². The van der Waals surface area contributed by atoms with Gasteiger partial charge in [-0.05, 0) is 0 Å². The summed E-state index contributed by atoms with van der Waals surface area (Å²) >= 11 is 0. The molecule has 1 fully saturated rings. The van der Waals surface area contributed by atoms with E-state index in [-0.39, 0.29) is 37.6 Å². The van der Waals surface area contributed by atoms with E-state index in [1.807, 2.05) is 0 Å². The first-order valence-corrected chi connectivity index (χ1v) is 8.07. The van der Waals surface area contributed by atoms with Crippen LogP contribution in [0.5, 0.6) is 0 Å². The summed E-state index contributed by atoms with van der Waals surface area (Å²) in [6, 6.07) is 0. The molecule has 0 aromatic carbocycles. The van der Waals surface area contributed by atoms with Crippen molar-refractivity contribution in [2.45, 2.75) is 0 Å². The Morgan fingerprint density at radius 3 is 1.18 bits per heavy atom. The average molecular weight is 386 g/mol. The Morgan fingerprint density at radius 2 is 0.893 bits per heavy atom. The van der Waals surface area contributed by atoms with Gasteiger partial charge >= 0.3 is 11.9 Å². The van der Waals surface area contributed by atoms with E-state index >= 15 is 0 Å². The highest BCUT2D eigenvalue weighted by Gasteiger charge is 2.31. The molecule has 2 amide bonds. The predicted octanol–water partition coefficient (Wildman–Crippen LogP) is -0.739. The fourth-order valence-corrected chi connectivity index (χ4v) is 2.71. The van der Waals surface area contributed by atoms with E-state index in [2.05, 4.69) is 19.9 Å². The monoisotopic (exact) mass is 386 g/mol. The molecule has 1 aliphatic heterocycles. The molecule has 0 aliphatic carbocycles. The molecular formula is C16H14N6O6. The first kappa shape index (κ1) is 18.8. The van der Waals surface area contributed by atoms with Crippen LogP contribution in [0.1, 0.15) is 42.0 Å². The van der Waals surface area contributed by atoms with Gasteiger partial charge in [0.1, 0.15) is 0 Å². The van der Waals surface area contributed by atoms with Gasteiger partial charge in [0.05, 0.1) is 0 Å². The van der Waals surface area contributed by atoms with Gasteiger partial charge in [-0.1, -0.05) is 0 Å². The smallest absolute Gasteiger partial charge is 0.356 e. The molecule has 144 valence electrons. The third-order valence-corrected chi connectivity index (χ3v) is 4.06. The Kier molecular flexibility index (Phi) is 5.20. The van der Waals surface area contributed by atoms with Crippen molar-refractivity contribution in [1.29, 1.82) is 0 Å². The number of carbonyl (C=O) groups excluding carboxylic acids is 2. The van der Waals surface area contributed by atoms with Crippen molar-refractivity contribution in [3.05, 3.63) is 47.6 Å². The van der Waals surface area contributed by atoms with E-state index in [1.54, 1.807) is 0 Å². The van der Waals surface area contributed by atoms with Gasteiger partial charge in [0, 0.05) is 51.0 Å². The minimum atomic E-state index is -1.37. The molecule has 0 atom stereocenters. The molecule has 1 saturated heterocycles. The second-order valence-corrected chi connectivity index (χ2v) is 5.70. The van der Waals surface area contributed by atoms with E-state index in [0.717, 1.165) is 0 Å². The van der Waals surface area contributed by atoms with Crippen LogP contribution in [0.15, 0.2) is 24.8 Å². The largest absolute Gasteiger partial charge is 0.476 e. The highest BCUT2D eigenvalue weighted by Crippen LogP contribution is 2.13. The number of aromatic carboxylic acids is 2. The maximum Gasteiger partial charge on any atom is 0.356 e. The van der Waals surface area contributed by atoms with Gasteiger partial charge in [0.15, 0.2) is 22.8 Å². The number of piperazine rings is 1. The van der Waals surface area contributed by atoms with Crippen LogP contribution in [0, 0.1) is 0 Å². The number of hydrogen-bond acceptors (Lipinski definition) is 8. The number of hydrogen-bond donors (Lipinski definition) is 2. The summed E-state index contributed by atoms with van der Waals surface area (Å²) < 4.78 is 0. The maximum absolute atomic E-state index is 12.6. The Labute approximate surface area is 157 Å². The van der Waals surface area contributed by atoms with Crippen LogP contribution < -0.4 is 0 Å². The second-order valence-electron chi connectivity index (χ2n) is 5.70. The molecule has 2 aromatic heterocycles. The summed E-state index contributed by atoms with van der Waals surface area (Å²) in [6.07, 6.45) is 4.80. The Morgan fingerprint density at radius 1 is 0.607 bits per heavy atom. The van der Waals surface area contributed by atoms with Gasteiger partial charge in [-0.15, -0.1) is 0 Å². The molecule has 12 heteroatoms. The van der Waals surface area contributed by atoms with Crippen LogP contribution in [0.3, 0.4) is 0 Å². The van der Waals surface area contributed by atoms with Crippen LogP contribution in [0.4, 0.5) is 0 Å². The minimum Gasteiger partial charge on any atom is -0.476 e. The Bertz CT molecular complexity index is 879. The summed E-state index contributed by atoms with van der Waals surface area (Å²) in [5.41, 5.74) is -1.46. The molecule has 12 nitrogen and oxygen atoms in total. The van der Waals surface area contributed by atoms with Gasteiger partial charge in [-0.3, -0.25) is 9.59 Å². The SMILES string of the molecule is O=C(O)c1nccnc1C(=O)N1CCN(C(=O)c2nccnc2C(=O)O)CC1. The summed E-state index contributed by atoms with van der Waals surface area (Å²) in [7, 11) is 0. The molecule has 0 spiro atoms. The topological polar surface area (TPSA) is 167 Å². The standard InChI is InChI=1S/C16H14N6O6/c23-13(9-11(15(25)26)19-3-1-17-9)21-5-7-22(8-6-21)14(24)10-12(16(27)28)20-4-2-18-10/h1-4H,5-8H2,(H,25,26)(H,27,28). The lowest BCUT2D eigenvalue weighted by Crippen LogP contribution is -2.51. The molecule has 0 saturated carbocycles. The van der Waals surface area contributed by atoms with E-state index < -0.39 is 35.1 Å². The highest BCUT2D eigenvalue weighted by molar-refractivity contribution is 6.03. The van der Waals surface area contributed by atoms with E-state index in [0.29, 0.717) is 0 Å². The quantitative estimate of drug-likeness (QED) is 0.683. The lowest BCUT2D eigenvalue weighted by molar-refractivity contribution is 0.0519. The normalized spacial score (nSPS) is 13.9. The third-order valence-electron chi connectivity index (χ3n) is 4.06. The first-order chi connectivity index (χ1) is 13.4. The van der Waals surface area contributed by atoms with Gasteiger partial charge < -0.3 is 20.0 Å². The van der Waals surface area contributed by atoms with Crippen LogP contribution in [0.25, 0.3) is 0 Å². The Hall–Kier alpha value is -3.96. The van der Waals surface area contributed by atoms with Gasteiger partial charge in [-0.25, -0.2) is 29.5 Å². The molecule has 3 rings (SSSR count). The molecular weight excluding hydrogens is 372 g/mol. The van der Waals surface area contributed by atoms with Crippen LogP contribution >= 0.6 is 0 Å². The van der Waals surface area contributed by atoms with Crippen molar-refractivity contribution < 1.29 is 29.4 Å². The van der Waals surface area contributed by atoms with Gasteiger partial charge in [-0.2, -0.15) is 0 Å².